The van der Waals surface area contributed by atoms with Crippen LogP contribution in [0, 0.1) is 0 Å². The van der Waals surface area contributed by atoms with E-state index in [2.05, 4.69) is 12.1 Å². The molecule has 0 atom stereocenters. The number of aryl methyl sites for hydroxylation is 2. The van der Waals surface area contributed by atoms with Crippen molar-refractivity contribution in [2.45, 2.75) is 12.8 Å². The molecule has 19 heavy (non-hydrogen) atoms. The Kier molecular flexibility index (Phi) is 2.95. The molecular weight excluding hydrogens is 238 g/mol. The van der Waals surface area contributed by atoms with Gasteiger partial charge < -0.3 is 10.0 Å². The summed E-state index contributed by atoms with van der Waals surface area (Å²) in [5, 5.41) is 9.17. The van der Waals surface area contributed by atoms with Crippen molar-refractivity contribution in [2.75, 3.05) is 11.4 Å². The summed E-state index contributed by atoms with van der Waals surface area (Å²) in [4.78, 5) is 13.1. The molecule has 1 heterocycles. The lowest BCUT2D eigenvalue weighted by atomic mass is 10.0. The van der Waals surface area contributed by atoms with E-state index in [0.29, 0.717) is 0 Å². The van der Waals surface area contributed by atoms with Crippen LogP contribution in [0.5, 0.6) is 0 Å². The zero-order valence-corrected chi connectivity index (χ0v) is 10.5. The topological polar surface area (TPSA) is 40.5 Å². The lowest BCUT2D eigenvalue weighted by Gasteiger charge is -2.24. The Bertz CT molecular complexity index is 574. The molecule has 2 aromatic carbocycles. The first-order chi connectivity index (χ1) is 9.25. The van der Waals surface area contributed by atoms with Crippen molar-refractivity contribution in [1.29, 1.82) is 0 Å². The van der Waals surface area contributed by atoms with Crippen LogP contribution in [-0.2, 0) is 17.6 Å². The normalized spacial score (nSPS) is 13.4. The first-order valence-electron chi connectivity index (χ1n) is 6.41. The standard InChI is InChI=1S/C16H15NO2/c18-16(19)11-17-14-7-3-1-5-12(14)9-10-13-6-2-4-8-15(13)17/h1-8H,9-11H2,(H,18,19). The number of para-hydroxylation sites is 2. The number of carboxylic acids is 1. The second-order valence-corrected chi connectivity index (χ2v) is 4.74. The van der Waals surface area contributed by atoms with Crippen molar-refractivity contribution >= 4 is 17.3 Å². The second kappa shape index (κ2) is 4.76. The predicted octanol–water partition coefficient (Wildman–Crippen LogP) is 3.01. The highest BCUT2D eigenvalue weighted by Crippen LogP contribution is 2.35. The van der Waals surface area contributed by atoms with E-state index in [9.17, 15) is 4.79 Å². The molecule has 0 spiro atoms. The molecule has 1 aliphatic heterocycles. The SMILES string of the molecule is O=C(O)CN1c2ccccc2CCc2ccccc21. The van der Waals surface area contributed by atoms with Crippen LogP contribution in [0.1, 0.15) is 11.1 Å². The predicted molar refractivity (Wildman–Crippen MR) is 74.9 cm³/mol. The van der Waals surface area contributed by atoms with E-state index in [4.69, 9.17) is 5.11 Å². The monoisotopic (exact) mass is 253 g/mol. The van der Waals surface area contributed by atoms with Gasteiger partial charge in [-0.25, -0.2) is 0 Å². The summed E-state index contributed by atoms with van der Waals surface area (Å²) >= 11 is 0. The zero-order chi connectivity index (χ0) is 13.2. The summed E-state index contributed by atoms with van der Waals surface area (Å²) in [7, 11) is 0. The lowest BCUT2D eigenvalue weighted by Crippen LogP contribution is -2.25. The average molecular weight is 253 g/mol. The quantitative estimate of drug-likeness (QED) is 0.894. The Morgan fingerprint density at radius 1 is 0.947 bits per heavy atom. The van der Waals surface area contributed by atoms with Gasteiger partial charge in [0.15, 0.2) is 0 Å². The molecule has 0 radical (unpaired) electrons. The molecule has 2 aromatic rings. The molecule has 1 aliphatic rings. The smallest absolute Gasteiger partial charge is 0.323 e. The van der Waals surface area contributed by atoms with Gasteiger partial charge in [0.1, 0.15) is 6.54 Å². The van der Waals surface area contributed by atoms with Crippen LogP contribution in [-0.4, -0.2) is 17.6 Å². The molecule has 3 nitrogen and oxygen atoms in total. The van der Waals surface area contributed by atoms with E-state index in [1.54, 1.807) is 0 Å². The van der Waals surface area contributed by atoms with Crippen molar-refractivity contribution in [3.63, 3.8) is 0 Å². The molecule has 0 unspecified atom stereocenters. The number of anilines is 2. The summed E-state index contributed by atoms with van der Waals surface area (Å²) in [6.07, 6.45) is 1.90. The van der Waals surface area contributed by atoms with Gasteiger partial charge in [-0.2, -0.15) is 0 Å². The third-order valence-electron chi connectivity index (χ3n) is 3.52. The van der Waals surface area contributed by atoms with Gasteiger partial charge >= 0.3 is 5.97 Å². The van der Waals surface area contributed by atoms with Crippen LogP contribution >= 0.6 is 0 Å². The van der Waals surface area contributed by atoms with Crippen LogP contribution in [0.15, 0.2) is 48.5 Å². The van der Waals surface area contributed by atoms with Crippen molar-refractivity contribution in [3.8, 4) is 0 Å². The Morgan fingerprint density at radius 3 is 1.89 bits per heavy atom. The maximum absolute atomic E-state index is 11.2. The van der Waals surface area contributed by atoms with Gasteiger partial charge in [-0.1, -0.05) is 36.4 Å². The van der Waals surface area contributed by atoms with E-state index in [1.165, 1.54) is 11.1 Å². The minimum atomic E-state index is -0.813. The molecule has 0 fully saturated rings. The van der Waals surface area contributed by atoms with E-state index in [1.807, 2.05) is 41.3 Å². The maximum Gasteiger partial charge on any atom is 0.323 e. The Morgan fingerprint density at radius 2 is 1.42 bits per heavy atom. The van der Waals surface area contributed by atoms with E-state index in [-0.39, 0.29) is 6.54 Å². The molecule has 0 bridgehead atoms. The molecular formula is C16H15NO2. The molecule has 0 amide bonds. The molecule has 3 rings (SSSR count). The number of hydrogen-bond acceptors (Lipinski definition) is 2. The maximum atomic E-state index is 11.2. The number of hydrogen-bond donors (Lipinski definition) is 1. The third kappa shape index (κ3) is 2.19. The van der Waals surface area contributed by atoms with Crippen LogP contribution in [0.3, 0.4) is 0 Å². The summed E-state index contributed by atoms with van der Waals surface area (Å²) in [6, 6.07) is 16.1. The van der Waals surface area contributed by atoms with Gasteiger partial charge in [-0.05, 0) is 36.1 Å². The largest absolute Gasteiger partial charge is 0.480 e. The molecule has 1 N–H and O–H groups in total. The number of nitrogens with zero attached hydrogens (tertiary/aromatic N) is 1. The van der Waals surface area contributed by atoms with Crippen molar-refractivity contribution in [2.24, 2.45) is 0 Å². The molecule has 96 valence electrons. The molecule has 0 saturated heterocycles. The van der Waals surface area contributed by atoms with Crippen molar-refractivity contribution < 1.29 is 9.90 Å². The lowest BCUT2D eigenvalue weighted by molar-refractivity contribution is -0.135. The van der Waals surface area contributed by atoms with Gasteiger partial charge in [0.2, 0.25) is 0 Å². The van der Waals surface area contributed by atoms with Crippen LogP contribution in [0.2, 0.25) is 0 Å². The summed E-state index contributed by atoms with van der Waals surface area (Å²) in [5.41, 5.74) is 4.43. The Balaban J connectivity index is 2.16. The van der Waals surface area contributed by atoms with Gasteiger partial charge in [-0.3, -0.25) is 4.79 Å². The minimum Gasteiger partial charge on any atom is -0.480 e. The van der Waals surface area contributed by atoms with Gasteiger partial charge in [0.25, 0.3) is 0 Å². The zero-order valence-electron chi connectivity index (χ0n) is 10.5. The van der Waals surface area contributed by atoms with Gasteiger partial charge in [0.05, 0.1) is 0 Å². The van der Waals surface area contributed by atoms with E-state index >= 15 is 0 Å². The van der Waals surface area contributed by atoms with Crippen LogP contribution in [0.25, 0.3) is 0 Å². The highest BCUT2D eigenvalue weighted by molar-refractivity contribution is 5.81. The van der Waals surface area contributed by atoms with E-state index in [0.717, 1.165) is 24.2 Å². The average Bonchev–Trinajstić information content (AvgIpc) is 2.57. The fourth-order valence-corrected chi connectivity index (χ4v) is 2.68. The Hall–Kier alpha value is -2.29. The first kappa shape index (κ1) is 11.8. The summed E-state index contributed by atoms with van der Waals surface area (Å²) < 4.78 is 0. The van der Waals surface area contributed by atoms with Gasteiger partial charge in [0, 0.05) is 11.4 Å². The number of carboxylic acid groups (broad SMARTS) is 1. The molecule has 0 aromatic heterocycles. The van der Waals surface area contributed by atoms with Gasteiger partial charge in [-0.15, -0.1) is 0 Å². The number of rotatable bonds is 2. The van der Waals surface area contributed by atoms with Crippen molar-refractivity contribution in [3.05, 3.63) is 59.7 Å². The fourth-order valence-electron chi connectivity index (χ4n) is 2.68. The summed E-state index contributed by atoms with van der Waals surface area (Å²) in [5.74, 6) is -0.813. The number of benzene rings is 2. The molecule has 3 heteroatoms. The van der Waals surface area contributed by atoms with Crippen LogP contribution in [0.4, 0.5) is 11.4 Å². The third-order valence-corrected chi connectivity index (χ3v) is 3.52. The fraction of sp³-hybridized carbons (Fsp3) is 0.188. The molecule has 0 aliphatic carbocycles. The van der Waals surface area contributed by atoms with Crippen LogP contribution < -0.4 is 4.90 Å². The highest BCUT2D eigenvalue weighted by Gasteiger charge is 2.21. The minimum absolute atomic E-state index is 0.00593. The van der Waals surface area contributed by atoms with Crippen molar-refractivity contribution in [1.82, 2.24) is 0 Å². The highest BCUT2D eigenvalue weighted by atomic mass is 16.4. The first-order valence-corrected chi connectivity index (χ1v) is 6.41. The molecule has 0 saturated carbocycles. The number of fused-ring (bicyclic) bond motifs is 2. The van der Waals surface area contributed by atoms with E-state index < -0.39 is 5.97 Å². The Labute approximate surface area is 112 Å². The number of aliphatic carboxylic acids is 1. The second-order valence-electron chi connectivity index (χ2n) is 4.74. The summed E-state index contributed by atoms with van der Waals surface area (Å²) in [6.45, 7) is -0.00593. The number of carbonyl (C=O) groups is 1.